The van der Waals surface area contributed by atoms with Crippen LogP contribution in [0.5, 0.6) is 5.75 Å². The highest BCUT2D eigenvalue weighted by atomic mass is 32.2. The molecule has 38 heavy (non-hydrogen) atoms. The largest absolute Gasteiger partial charge is 0.497 e. The number of likely N-dealkylation sites (N-methyl/N-ethyl adjacent to an activating group) is 1. The molecule has 0 saturated heterocycles. The predicted molar refractivity (Wildman–Crippen MR) is 145 cm³/mol. The minimum atomic E-state index is -3.36. The number of aryl methyl sites for hydroxylation is 1. The third kappa shape index (κ3) is 6.24. The predicted octanol–water partition coefficient (Wildman–Crippen LogP) is 5.72. The molecule has 7 nitrogen and oxygen atoms in total. The zero-order valence-corrected chi connectivity index (χ0v) is 22.6. The standard InChI is InChI=1S/C27H26F2N4O3S2/c1-17-26(38(30,35)31-16-19-6-11-22(36-3)12-7-19)37-27(32-17)33(2)25(34)14-18-4-8-20(9-5-18)23-15-21(28)10-13-24(23)29/h4-13,15H,14,16H2,1-3H3,(H2,30,31,35). The number of hydrogen-bond acceptors (Lipinski definition) is 6. The quantitative estimate of drug-likeness (QED) is 0.276. The summed E-state index contributed by atoms with van der Waals surface area (Å²) in [6.45, 7) is 1.87. The number of carbonyl (C=O) groups excluding carboxylic acids is 1. The third-order valence-corrected chi connectivity index (χ3v) is 9.20. The lowest BCUT2D eigenvalue weighted by atomic mass is 10.0. The first-order chi connectivity index (χ1) is 18.1. The lowest BCUT2D eigenvalue weighted by Gasteiger charge is -2.14. The normalized spacial score (nSPS) is 12.7. The van der Waals surface area contributed by atoms with E-state index in [-0.39, 0.29) is 28.6 Å². The Morgan fingerprint density at radius 1 is 1.08 bits per heavy atom. The Bertz CT molecular complexity index is 1550. The van der Waals surface area contributed by atoms with E-state index in [0.717, 1.165) is 35.1 Å². The Labute approximate surface area is 224 Å². The van der Waals surface area contributed by atoms with E-state index in [0.29, 0.717) is 27.7 Å². The molecule has 0 fully saturated rings. The van der Waals surface area contributed by atoms with E-state index < -0.39 is 21.5 Å². The van der Waals surface area contributed by atoms with Crippen LogP contribution in [0.3, 0.4) is 0 Å². The number of nitrogens with one attached hydrogen (secondary N) is 2. The molecule has 1 amide bonds. The zero-order valence-electron chi connectivity index (χ0n) is 21.0. The SMILES string of the molecule is COc1ccc(CNS(=N)(=O)c2sc(N(C)C(=O)Cc3ccc(-c4cc(F)ccc4F)cc3)nc2C)cc1. The van der Waals surface area contributed by atoms with Crippen molar-refractivity contribution in [2.45, 2.75) is 24.1 Å². The molecule has 0 aliphatic carbocycles. The van der Waals surface area contributed by atoms with Crippen molar-refractivity contribution in [3.63, 3.8) is 0 Å². The van der Waals surface area contributed by atoms with Gasteiger partial charge in [-0.15, -0.1) is 0 Å². The topological polar surface area (TPSA) is 95.4 Å². The van der Waals surface area contributed by atoms with E-state index in [4.69, 9.17) is 9.52 Å². The maximum atomic E-state index is 14.1. The molecule has 0 radical (unpaired) electrons. The second-order valence-electron chi connectivity index (χ2n) is 8.55. The smallest absolute Gasteiger partial charge is 0.232 e. The minimum Gasteiger partial charge on any atom is -0.497 e. The van der Waals surface area contributed by atoms with Crippen LogP contribution in [0, 0.1) is 23.3 Å². The van der Waals surface area contributed by atoms with Gasteiger partial charge in [0.25, 0.3) is 0 Å². The van der Waals surface area contributed by atoms with Crippen LogP contribution in [-0.2, 0) is 27.7 Å². The Morgan fingerprint density at radius 3 is 2.39 bits per heavy atom. The summed E-state index contributed by atoms with van der Waals surface area (Å²) in [7, 11) is -0.221. The average Bonchev–Trinajstić information content (AvgIpc) is 3.31. The molecule has 0 saturated carbocycles. The first-order valence-corrected chi connectivity index (χ1v) is 13.9. The van der Waals surface area contributed by atoms with Crippen LogP contribution in [0.2, 0.25) is 0 Å². The number of anilines is 1. The second kappa shape index (κ2) is 11.4. The summed E-state index contributed by atoms with van der Waals surface area (Å²) in [4.78, 5) is 18.7. The minimum absolute atomic E-state index is 0.0440. The van der Waals surface area contributed by atoms with Gasteiger partial charge in [0.05, 0.1) is 19.2 Å². The maximum absolute atomic E-state index is 14.1. The number of nitrogens with zero attached hydrogens (tertiary/aromatic N) is 2. The van der Waals surface area contributed by atoms with Crippen LogP contribution in [0.25, 0.3) is 11.1 Å². The first kappa shape index (κ1) is 27.4. The molecule has 2 N–H and O–H groups in total. The molecule has 0 bridgehead atoms. The maximum Gasteiger partial charge on any atom is 0.232 e. The van der Waals surface area contributed by atoms with Crippen molar-refractivity contribution in [2.75, 3.05) is 19.1 Å². The van der Waals surface area contributed by atoms with E-state index >= 15 is 0 Å². The summed E-state index contributed by atoms with van der Waals surface area (Å²) in [5.74, 6) is -0.632. The van der Waals surface area contributed by atoms with E-state index in [1.165, 1.54) is 4.90 Å². The van der Waals surface area contributed by atoms with Crippen molar-refractivity contribution in [1.82, 2.24) is 9.71 Å². The van der Waals surface area contributed by atoms with Gasteiger partial charge in [0.15, 0.2) is 5.13 Å². The van der Waals surface area contributed by atoms with Gasteiger partial charge in [0, 0.05) is 19.2 Å². The molecule has 0 spiro atoms. The van der Waals surface area contributed by atoms with Gasteiger partial charge < -0.3 is 4.74 Å². The van der Waals surface area contributed by atoms with Crippen LogP contribution < -0.4 is 14.4 Å². The second-order valence-corrected chi connectivity index (χ2v) is 11.6. The molecule has 1 atom stereocenters. The molecule has 0 aliphatic rings. The zero-order chi connectivity index (χ0) is 27.4. The molecular formula is C27H26F2N4O3S2. The summed E-state index contributed by atoms with van der Waals surface area (Å²) in [6.07, 6.45) is 0.0440. The molecular weight excluding hydrogens is 530 g/mol. The van der Waals surface area contributed by atoms with E-state index in [2.05, 4.69) is 9.71 Å². The Morgan fingerprint density at radius 2 is 1.74 bits per heavy atom. The van der Waals surface area contributed by atoms with Crippen LogP contribution >= 0.6 is 11.3 Å². The Kier molecular flexibility index (Phi) is 8.20. The van der Waals surface area contributed by atoms with Gasteiger partial charge in [-0.2, -0.15) is 0 Å². The number of ether oxygens (including phenoxy) is 1. The van der Waals surface area contributed by atoms with E-state index in [1.54, 1.807) is 57.5 Å². The number of benzene rings is 3. The lowest BCUT2D eigenvalue weighted by molar-refractivity contribution is -0.117. The van der Waals surface area contributed by atoms with Crippen LogP contribution in [0.15, 0.2) is 70.9 Å². The third-order valence-electron chi connectivity index (χ3n) is 5.85. The number of amides is 1. The van der Waals surface area contributed by atoms with Crippen LogP contribution in [-0.4, -0.2) is 29.3 Å². The van der Waals surface area contributed by atoms with Gasteiger partial charge in [-0.1, -0.05) is 47.7 Å². The number of thiazole rings is 1. The highest BCUT2D eigenvalue weighted by molar-refractivity contribution is 7.92. The Balaban J connectivity index is 1.43. The molecule has 198 valence electrons. The lowest BCUT2D eigenvalue weighted by Crippen LogP contribution is -2.27. The van der Waals surface area contributed by atoms with Crippen molar-refractivity contribution < 1.29 is 22.5 Å². The van der Waals surface area contributed by atoms with Crippen LogP contribution in [0.4, 0.5) is 13.9 Å². The van der Waals surface area contributed by atoms with Gasteiger partial charge in [-0.05, 0) is 53.9 Å². The van der Waals surface area contributed by atoms with Crippen molar-refractivity contribution in [3.05, 3.63) is 95.2 Å². The van der Waals surface area contributed by atoms with Gasteiger partial charge in [0.1, 0.15) is 31.5 Å². The molecule has 3 aromatic carbocycles. The van der Waals surface area contributed by atoms with E-state index in [9.17, 15) is 17.8 Å². The highest BCUT2D eigenvalue weighted by Gasteiger charge is 2.23. The first-order valence-electron chi connectivity index (χ1n) is 11.5. The molecule has 1 heterocycles. The molecule has 4 aromatic rings. The van der Waals surface area contributed by atoms with Crippen molar-refractivity contribution in [2.24, 2.45) is 0 Å². The summed E-state index contributed by atoms with van der Waals surface area (Å²) in [6, 6.07) is 17.1. The summed E-state index contributed by atoms with van der Waals surface area (Å²) >= 11 is 1.03. The summed E-state index contributed by atoms with van der Waals surface area (Å²) in [5.41, 5.74) is 2.57. The van der Waals surface area contributed by atoms with Crippen molar-refractivity contribution >= 4 is 32.3 Å². The summed E-state index contributed by atoms with van der Waals surface area (Å²) < 4.78 is 57.3. The number of carbonyl (C=O) groups is 1. The van der Waals surface area contributed by atoms with Gasteiger partial charge >= 0.3 is 0 Å². The monoisotopic (exact) mass is 556 g/mol. The van der Waals surface area contributed by atoms with Gasteiger partial charge in [-0.3, -0.25) is 9.69 Å². The van der Waals surface area contributed by atoms with Gasteiger partial charge in [0.2, 0.25) is 5.91 Å². The van der Waals surface area contributed by atoms with Crippen molar-refractivity contribution in [1.29, 1.82) is 4.78 Å². The number of rotatable bonds is 9. The molecule has 1 unspecified atom stereocenters. The van der Waals surface area contributed by atoms with Crippen LogP contribution in [0.1, 0.15) is 16.8 Å². The number of methoxy groups -OCH3 is 1. The molecule has 0 aliphatic heterocycles. The molecule has 11 heteroatoms. The average molecular weight is 557 g/mol. The van der Waals surface area contributed by atoms with E-state index in [1.807, 2.05) is 12.1 Å². The fourth-order valence-electron chi connectivity index (χ4n) is 3.69. The molecule has 1 aromatic heterocycles. The molecule has 4 rings (SSSR count). The fraction of sp³-hybridized carbons (Fsp3) is 0.185. The van der Waals surface area contributed by atoms with Gasteiger partial charge in [-0.25, -0.2) is 27.5 Å². The van der Waals surface area contributed by atoms with Crippen molar-refractivity contribution in [3.8, 4) is 16.9 Å². The number of aromatic nitrogens is 1. The fourth-order valence-corrected chi connectivity index (χ4v) is 6.31. The summed E-state index contributed by atoms with van der Waals surface area (Å²) in [5, 5.41) is 0.326. The Hall–Kier alpha value is -3.67. The highest BCUT2D eigenvalue weighted by Crippen LogP contribution is 2.30. The number of halogens is 2. The number of hydrogen-bond donors (Lipinski definition) is 2.